The third-order valence-electron chi connectivity index (χ3n) is 3.92. The van der Waals surface area contributed by atoms with Crippen molar-refractivity contribution >= 4 is 0 Å². The molecule has 0 amide bonds. The summed E-state index contributed by atoms with van der Waals surface area (Å²) in [5.74, 6) is 2.06. The van der Waals surface area contributed by atoms with E-state index in [1.807, 2.05) is 0 Å². The zero-order valence-corrected chi connectivity index (χ0v) is 14.1. The van der Waals surface area contributed by atoms with Gasteiger partial charge < -0.3 is 14.5 Å². The van der Waals surface area contributed by atoms with Crippen molar-refractivity contribution in [2.24, 2.45) is 0 Å². The van der Waals surface area contributed by atoms with Crippen molar-refractivity contribution in [3.8, 4) is 0 Å². The maximum absolute atomic E-state index is 5.96. The molecule has 1 aromatic rings. The molecule has 1 saturated heterocycles. The third kappa shape index (κ3) is 5.13. The predicted molar refractivity (Wildman–Crippen MR) is 85.2 cm³/mol. The molecule has 0 aliphatic carbocycles. The van der Waals surface area contributed by atoms with Crippen molar-refractivity contribution in [2.45, 2.75) is 71.8 Å². The zero-order valence-electron chi connectivity index (χ0n) is 14.1. The molecule has 21 heavy (non-hydrogen) atoms. The summed E-state index contributed by atoms with van der Waals surface area (Å²) in [6.07, 6.45) is 1.43. The first kappa shape index (κ1) is 16.5. The lowest BCUT2D eigenvalue weighted by molar-refractivity contribution is -0.0611. The van der Waals surface area contributed by atoms with Gasteiger partial charge in [0.15, 0.2) is 0 Å². The number of nitrogens with zero attached hydrogens (tertiary/aromatic N) is 1. The lowest BCUT2D eigenvalue weighted by Crippen LogP contribution is -2.47. The van der Waals surface area contributed by atoms with Crippen molar-refractivity contribution in [1.29, 1.82) is 0 Å². The van der Waals surface area contributed by atoms with E-state index in [0.717, 1.165) is 44.2 Å². The Bertz CT molecular complexity index is 436. The van der Waals surface area contributed by atoms with E-state index in [-0.39, 0.29) is 5.54 Å². The summed E-state index contributed by atoms with van der Waals surface area (Å²) in [7, 11) is 0. The smallest absolute Gasteiger partial charge is 0.118 e. The molecule has 0 spiro atoms. The molecule has 0 aromatic carbocycles. The van der Waals surface area contributed by atoms with Gasteiger partial charge in [0.2, 0.25) is 0 Å². The maximum Gasteiger partial charge on any atom is 0.118 e. The van der Waals surface area contributed by atoms with E-state index in [1.165, 1.54) is 0 Å². The van der Waals surface area contributed by atoms with E-state index in [1.54, 1.807) is 0 Å². The third-order valence-corrected chi connectivity index (χ3v) is 3.92. The first-order chi connectivity index (χ1) is 9.87. The molecule has 0 radical (unpaired) electrons. The van der Waals surface area contributed by atoms with Gasteiger partial charge >= 0.3 is 0 Å². The fraction of sp³-hybridized carbons (Fsp3) is 0.765. The molecule has 1 fully saturated rings. The molecule has 4 nitrogen and oxygen atoms in total. The summed E-state index contributed by atoms with van der Waals surface area (Å²) in [4.78, 5) is 2.48. The number of rotatable bonds is 5. The fourth-order valence-electron chi connectivity index (χ4n) is 2.64. The highest BCUT2D eigenvalue weighted by molar-refractivity contribution is 5.08. The highest BCUT2D eigenvalue weighted by Gasteiger charge is 2.26. The maximum atomic E-state index is 5.96. The molecule has 2 heterocycles. The van der Waals surface area contributed by atoms with Gasteiger partial charge in [0.1, 0.15) is 11.5 Å². The van der Waals surface area contributed by atoms with Crippen molar-refractivity contribution in [1.82, 2.24) is 10.2 Å². The van der Waals surface area contributed by atoms with Gasteiger partial charge in [0, 0.05) is 18.1 Å². The average molecular weight is 294 g/mol. The largest absolute Gasteiger partial charge is 0.463 e. The van der Waals surface area contributed by atoms with Gasteiger partial charge in [-0.05, 0) is 46.2 Å². The Morgan fingerprint density at radius 1 is 1.29 bits per heavy atom. The number of hydrogen-bond donors (Lipinski definition) is 1. The van der Waals surface area contributed by atoms with Crippen LogP contribution in [0.3, 0.4) is 0 Å². The minimum absolute atomic E-state index is 0.111. The summed E-state index contributed by atoms with van der Waals surface area (Å²) in [5, 5.41) is 3.45. The molecule has 1 N–H and O–H groups in total. The molecule has 1 aliphatic rings. The first-order valence-electron chi connectivity index (χ1n) is 8.05. The fourth-order valence-corrected chi connectivity index (χ4v) is 2.64. The van der Waals surface area contributed by atoms with Gasteiger partial charge in [-0.2, -0.15) is 0 Å². The van der Waals surface area contributed by atoms with Crippen molar-refractivity contribution in [3.63, 3.8) is 0 Å². The SMILES string of the molecule is CCC1COC(C)CN1Cc1ccc(CNC(C)(C)C)o1. The summed E-state index contributed by atoms with van der Waals surface area (Å²) in [6.45, 7) is 14.3. The highest BCUT2D eigenvalue weighted by Crippen LogP contribution is 2.19. The number of morpholine rings is 1. The van der Waals surface area contributed by atoms with Crippen molar-refractivity contribution in [2.75, 3.05) is 13.2 Å². The van der Waals surface area contributed by atoms with Crippen LogP contribution in [0.5, 0.6) is 0 Å². The van der Waals surface area contributed by atoms with Gasteiger partial charge in [0.05, 0.1) is 25.8 Å². The second kappa shape index (κ2) is 6.95. The Kier molecular flexibility index (Phi) is 5.47. The summed E-state index contributed by atoms with van der Waals surface area (Å²) in [5.41, 5.74) is 0.111. The number of ether oxygens (including phenoxy) is 1. The Balaban J connectivity index is 1.91. The second-order valence-corrected chi connectivity index (χ2v) is 7.11. The summed E-state index contributed by atoms with van der Waals surface area (Å²) in [6, 6.07) is 4.69. The monoisotopic (exact) mass is 294 g/mol. The van der Waals surface area contributed by atoms with Gasteiger partial charge in [-0.15, -0.1) is 0 Å². The molecule has 120 valence electrons. The van der Waals surface area contributed by atoms with E-state index < -0.39 is 0 Å². The van der Waals surface area contributed by atoms with E-state index in [0.29, 0.717) is 12.1 Å². The van der Waals surface area contributed by atoms with Crippen LogP contribution in [0.25, 0.3) is 0 Å². The van der Waals surface area contributed by atoms with E-state index >= 15 is 0 Å². The molecule has 0 bridgehead atoms. The molecule has 2 atom stereocenters. The van der Waals surface area contributed by atoms with Crippen LogP contribution in [0.15, 0.2) is 16.5 Å². The van der Waals surface area contributed by atoms with Crippen LogP contribution in [0.1, 0.15) is 52.6 Å². The predicted octanol–water partition coefficient (Wildman–Crippen LogP) is 3.17. The topological polar surface area (TPSA) is 37.6 Å². The molecule has 0 saturated carbocycles. The Morgan fingerprint density at radius 2 is 2.00 bits per heavy atom. The second-order valence-electron chi connectivity index (χ2n) is 7.11. The molecule has 1 aromatic heterocycles. The van der Waals surface area contributed by atoms with Crippen molar-refractivity contribution < 1.29 is 9.15 Å². The summed E-state index contributed by atoms with van der Waals surface area (Å²) < 4.78 is 11.7. The Hall–Kier alpha value is -0.840. The molecular formula is C17H30N2O2. The number of furan rings is 1. The molecule has 4 heteroatoms. The lowest BCUT2D eigenvalue weighted by Gasteiger charge is -2.37. The lowest BCUT2D eigenvalue weighted by atomic mass is 10.1. The molecular weight excluding hydrogens is 264 g/mol. The zero-order chi connectivity index (χ0) is 15.5. The van der Waals surface area contributed by atoms with Gasteiger partial charge in [0.25, 0.3) is 0 Å². The first-order valence-corrected chi connectivity index (χ1v) is 8.05. The van der Waals surface area contributed by atoms with E-state index in [4.69, 9.17) is 9.15 Å². The number of hydrogen-bond acceptors (Lipinski definition) is 4. The van der Waals surface area contributed by atoms with Gasteiger partial charge in [-0.3, -0.25) is 4.90 Å². The highest BCUT2D eigenvalue weighted by atomic mass is 16.5. The minimum Gasteiger partial charge on any atom is -0.463 e. The average Bonchev–Trinajstić information content (AvgIpc) is 2.84. The van der Waals surface area contributed by atoms with Crippen LogP contribution < -0.4 is 5.32 Å². The molecule has 2 unspecified atom stereocenters. The number of nitrogens with one attached hydrogen (secondary N) is 1. The van der Waals surface area contributed by atoms with Crippen LogP contribution >= 0.6 is 0 Å². The van der Waals surface area contributed by atoms with Crippen LogP contribution in [-0.2, 0) is 17.8 Å². The van der Waals surface area contributed by atoms with Crippen LogP contribution in [0.4, 0.5) is 0 Å². The Morgan fingerprint density at radius 3 is 2.67 bits per heavy atom. The minimum atomic E-state index is 0.111. The van der Waals surface area contributed by atoms with E-state index in [2.05, 4.69) is 57.0 Å². The van der Waals surface area contributed by atoms with Crippen LogP contribution in [-0.4, -0.2) is 35.7 Å². The van der Waals surface area contributed by atoms with Crippen LogP contribution in [0, 0.1) is 0 Å². The molecule has 1 aliphatic heterocycles. The molecule has 2 rings (SSSR count). The Labute approximate surface area is 128 Å². The van der Waals surface area contributed by atoms with Crippen molar-refractivity contribution in [3.05, 3.63) is 23.7 Å². The standard InChI is InChI=1S/C17H30N2O2/c1-6-14-12-20-13(2)10-19(14)11-16-8-7-15(21-16)9-18-17(3,4)5/h7-8,13-14,18H,6,9-12H2,1-5H3. The van der Waals surface area contributed by atoms with Crippen LogP contribution in [0.2, 0.25) is 0 Å². The van der Waals surface area contributed by atoms with Gasteiger partial charge in [-0.25, -0.2) is 0 Å². The van der Waals surface area contributed by atoms with Gasteiger partial charge in [-0.1, -0.05) is 6.92 Å². The normalized spacial score (nSPS) is 24.4. The quantitative estimate of drug-likeness (QED) is 0.905. The summed E-state index contributed by atoms with van der Waals surface area (Å²) >= 11 is 0. The van der Waals surface area contributed by atoms with E-state index in [9.17, 15) is 0 Å².